The molecule has 3 aromatic carbocycles. The second-order valence-corrected chi connectivity index (χ2v) is 6.58. The Morgan fingerprint density at radius 3 is 2.17 bits per heavy atom. The van der Waals surface area contributed by atoms with Crippen LogP contribution in [0.1, 0.15) is 5.56 Å². The quantitative estimate of drug-likeness (QED) is 0.340. The molecule has 0 aliphatic carbocycles. The monoisotopic (exact) mass is 391 g/mol. The van der Waals surface area contributed by atoms with E-state index in [4.69, 9.17) is 4.42 Å². The first kappa shape index (κ1) is 17.4. The number of pyridine rings is 1. The molecule has 2 heterocycles. The van der Waals surface area contributed by atoms with Crippen molar-refractivity contribution in [1.29, 1.82) is 0 Å². The fourth-order valence-corrected chi connectivity index (χ4v) is 3.19. The van der Waals surface area contributed by atoms with Crippen LogP contribution in [0.25, 0.3) is 44.7 Å². The van der Waals surface area contributed by atoms with E-state index in [1.54, 1.807) is 0 Å². The molecule has 0 fully saturated rings. The lowest BCUT2D eigenvalue weighted by atomic mass is 10.1. The zero-order chi connectivity index (χ0) is 20.0. The standard InChI is InChI=1S/C22H12F3N3O/c23-22(24,25)17-6-3-5-15(11-17)20-27-28-21(29-20)16-9-8-14-10-13-4-1-2-7-18(13)26-19(14)12-16/h1-12H. The van der Waals surface area contributed by atoms with Gasteiger partial charge < -0.3 is 4.42 Å². The summed E-state index contributed by atoms with van der Waals surface area (Å²) in [7, 11) is 0. The average Bonchev–Trinajstić information content (AvgIpc) is 3.21. The Bertz CT molecular complexity index is 1360. The largest absolute Gasteiger partial charge is 0.416 e. The maximum atomic E-state index is 12.9. The van der Waals surface area contributed by atoms with Gasteiger partial charge in [0, 0.05) is 21.9 Å². The van der Waals surface area contributed by atoms with E-state index in [2.05, 4.69) is 15.2 Å². The average molecular weight is 391 g/mol. The molecule has 0 atom stereocenters. The van der Waals surface area contributed by atoms with Crippen LogP contribution in [0.15, 0.2) is 77.2 Å². The molecule has 5 aromatic rings. The van der Waals surface area contributed by atoms with Gasteiger partial charge in [0.1, 0.15) is 0 Å². The van der Waals surface area contributed by atoms with Crippen LogP contribution in [0.4, 0.5) is 13.2 Å². The SMILES string of the molecule is FC(F)(F)c1cccc(-c2nnc(-c3ccc4cc5ccccc5nc4c3)o2)c1. The molecule has 0 aliphatic heterocycles. The van der Waals surface area contributed by atoms with Gasteiger partial charge in [0.05, 0.1) is 16.6 Å². The third-order valence-corrected chi connectivity index (χ3v) is 4.63. The van der Waals surface area contributed by atoms with Gasteiger partial charge in [-0.2, -0.15) is 13.2 Å². The smallest absolute Gasteiger partial charge is 0.416 e. The Labute approximate surface area is 162 Å². The third kappa shape index (κ3) is 3.20. The molecule has 4 nitrogen and oxygen atoms in total. The molecule has 0 saturated carbocycles. The Hall–Kier alpha value is -3.74. The maximum Gasteiger partial charge on any atom is 0.416 e. The fraction of sp³-hybridized carbons (Fsp3) is 0.0455. The van der Waals surface area contributed by atoms with Gasteiger partial charge in [0.2, 0.25) is 11.8 Å². The van der Waals surface area contributed by atoms with Gasteiger partial charge in [-0.25, -0.2) is 4.98 Å². The van der Waals surface area contributed by atoms with Crippen LogP contribution in [-0.4, -0.2) is 15.2 Å². The lowest BCUT2D eigenvalue weighted by Crippen LogP contribution is -2.04. The normalized spacial score (nSPS) is 12.0. The van der Waals surface area contributed by atoms with E-state index in [1.165, 1.54) is 12.1 Å². The number of rotatable bonds is 2. The van der Waals surface area contributed by atoms with Crippen LogP contribution in [0.3, 0.4) is 0 Å². The first-order chi connectivity index (χ1) is 14.0. The summed E-state index contributed by atoms with van der Waals surface area (Å²) in [5.74, 6) is 0.243. The van der Waals surface area contributed by atoms with Crippen molar-refractivity contribution in [2.45, 2.75) is 6.18 Å². The Balaban J connectivity index is 1.55. The van der Waals surface area contributed by atoms with Crippen molar-refractivity contribution < 1.29 is 17.6 Å². The predicted octanol–water partition coefficient (Wildman–Crippen LogP) is 6.12. The predicted molar refractivity (Wildman–Crippen MR) is 103 cm³/mol. The number of hydrogen-bond acceptors (Lipinski definition) is 4. The Morgan fingerprint density at radius 2 is 1.38 bits per heavy atom. The number of hydrogen-bond donors (Lipinski definition) is 0. The molecule has 7 heteroatoms. The van der Waals surface area contributed by atoms with Crippen molar-refractivity contribution in [1.82, 2.24) is 15.2 Å². The van der Waals surface area contributed by atoms with Crippen LogP contribution >= 0.6 is 0 Å². The lowest BCUT2D eigenvalue weighted by Gasteiger charge is -2.06. The van der Waals surface area contributed by atoms with Crippen LogP contribution in [0, 0.1) is 0 Å². The van der Waals surface area contributed by atoms with E-state index in [1.807, 2.05) is 48.5 Å². The fourth-order valence-electron chi connectivity index (χ4n) is 3.19. The third-order valence-electron chi connectivity index (χ3n) is 4.63. The van der Waals surface area contributed by atoms with Crippen LogP contribution < -0.4 is 0 Å². The van der Waals surface area contributed by atoms with Gasteiger partial charge in [-0.05, 0) is 42.5 Å². The number of fused-ring (bicyclic) bond motifs is 2. The summed E-state index contributed by atoms with van der Waals surface area (Å²) in [6.45, 7) is 0. The highest BCUT2D eigenvalue weighted by molar-refractivity contribution is 5.94. The summed E-state index contributed by atoms with van der Waals surface area (Å²) in [6.07, 6.45) is -4.44. The molecule has 0 amide bonds. The molecule has 142 valence electrons. The number of nitrogens with zero attached hydrogens (tertiary/aromatic N) is 3. The second-order valence-electron chi connectivity index (χ2n) is 6.58. The van der Waals surface area contributed by atoms with Gasteiger partial charge >= 0.3 is 6.18 Å². The Morgan fingerprint density at radius 1 is 0.655 bits per heavy atom. The maximum absolute atomic E-state index is 12.9. The number of halogens is 3. The zero-order valence-corrected chi connectivity index (χ0v) is 14.8. The molecule has 0 unspecified atom stereocenters. The summed E-state index contributed by atoms with van der Waals surface area (Å²) < 4.78 is 44.5. The van der Waals surface area contributed by atoms with Crippen LogP contribution in [0.2, 0.25) is 0 Å². The molecule has 0 saturated heterocycles. The van der Waals surface area contributed by atoms with Gasteiger partial charge in [-0.3, -0.25) is 0 Å². The first-order valence-electron chi connectivity index (χ1n) is 8.78. The van der Waals surface area contributed by atoms with Gasteiger partial charge in [-0.1, -0.05) is 30.3 Å². The van der Waals surface area contributed by atoms with Crippen molar-refractivity contribution in [3.8, 4) is 22.9 Å². The topological polar surface area (TPSA) is 51.8 Å². The number of aromatic nitrogens is 3. The molecule has 0 radical (unpaired) electrons. The highest BCUT2D eigenvalue weighted by atomic mass is 19.4. The minimum Gasteiger partial charge on any atom is -0.416 e. The lowest BCUT2D eigenvalue weighted by molar-refractivity contribution is -0.137. The highest BCUT2D eigenvalue weighted by Crippen LogP contribution is 2.33. The second kappa shape index (κ2) is 6.41. The number of para-hydroxylation sites is 1. The molecule has 2 aromatic heterocycles. The molecule has 0 spiro atoms. The van der Waals surface area contributed by atoms with E-state index < -0.39 is 11.7 Å². The summed E-state index contributed by atoms with van der Waals surface area (Å²) in [4.78, 5) is 4.65. The van der Waals surface area contributed by atoms with Crippen LogP contribution in [0.5, 0.6) is 0 Å². The van der Waals surface area contributed by atoms with Gasteiger partial charge in [0.25, 0.3) is 0 Å². The number of alkyl halides is 3. The number of benzene rings is 3. The van der Waals surface area contributed by atoms with Crippen molar-refractivity contribution in [2.75, 3.05) is 0 Å². The molecule has 29 heavy (non-hydrogen) atoms. The van der Waals surface area contributed by atoms with E-state index in [9.17, 15) is 13.2 Å². The van der Waals surface area contributed by atoms with E-state index in [0.717, 1.165) is 33.9 Å². The van der Waals surface area contributed by atoms with E-state index in [-0.39, 0.29) is 17.3 Å². The molecule has 0 bridgehead atoms. The summed E-state index contributed by atoms with van der Waals surface area (Å²) in [6, 6.07) is 20.2. The molecule has 0 N–H and O–H groups in total. The molecule has 0 aliphatic rings. The van der Waals surface area contributed by atoms with Crippen molar-refractivity contribution in [2.24, 2.45) is 0 Å². The Kier molecular flexibility index (Phi) is 3.84. The zero-order valence-electron chi connectivity index (χ0n) is 14.8. The van der Waals surface area contributed by atoms with Crippen molar-refractivity contribution in [3.05, 3.63) is 78.4 Å². The van der Waals surface area contributed by atoms with E-state index in [0.29, 0.717) is 5.56 Å². The van der Waals surface area contributed by atoms with Crippen molar-refractivity contribution in [3.63, 3.8) is 0 Å². The van der Waals surface area contributed by atoms with Gasteiger partial charge in [-0.15, -0.1) is 10.2 Å². The van der Waals surface area contributed by atoms with Crippen molar-refractivity contribution >= 4 is 21.8 Å². The molecule has 5 rings (SSSR count). The van der Waals surface area contributed by atoms with Crippen LogP contribution in [-0.2, 0) is 6.18 Å². The van der Waals surface area contributed by atoms with Gasteiger partial charge in [0.15, 0.2) is 0 Å². The summed E-state index contributed by atoms with van der Waals surface area (Å²) in [5, 5.41) is 9.91. The summed E-state index contributed by atoms with van der Waals surface area (Å²) in [5.41, 5.74) is 1.72. The first-order valence-corrected chi connectivity index (χ1v) is 8.78. The molecular formula is C22H12F3N3O. The highest BCUT2D eigenvalue weighted by Gasteiger charge is 2.30. The minimum absolute atomic E-state index is 0.0256. The van der Waals surface area contributed by atoms with E-state index >= 15 is 0 Å². The minimum atomic E-state index is -4.44. The summed E-state index contributed by atoms with van der Waals surface area (Å²) >= 11 is 0. The molecular weight excluding hydrogens is 379 g/mol.